The lowest BCUT2D eigenvalue weighted by atomic mass is 10.2. The molecule has 1 N–H and O–H groups in total. The first kappa shape index (κ1) is 17.2. The smallest absolute Gasteiger partial charge is 0.342 e. The highest BCUT2D eigenvalue weighted by atomic mass is 35.5. The summed E-state index contributed by atoms with van der Waals surface area (Å²) < 4.78 is 0. The van der Waals surface area contributed by atoms with Gasteiger partial charge in [0.05, 0.1) is 0 Å². The van der Waals surface area contributed by atoms with Gasteiger partial charge in [0.15, 0.2) is 0 Å². The lowest BCUT2D eigenvalue weighted by molar-refractivity contribution is 0.214. The van der Waals surface area contributed by atoms with Gasteiger partial charge in [-0.1, -0.05) is 29.8 Å². The molecule has 0 unspecified atom stereocenters. The number of amides is 2. The monoisotopic (exact) mass is 373 g/mol. The molecule has 0 aromatic heterocycles. The van der Waals surface area contributed by atoms with Crippen LogP contribution in [0.4, 0.5) is 10.5 Å². The van der Waals surface area contributed by atoms with Gasteiger partial charge in [-0.2, -0.15) is 0 Å². The van der Waals surface area contributed by atoms with Crippen molar-refractivity contribution in [2.75, 3.05) is 50.7 Å². The second-order valence-electron chi connectivity index (χ2n) is 6.79. The van der Waals surface area contributed by atoms with Crippen LogP contribution in [-0.2, 0) is 0 Å². The molecule has 4 rings (SSSR count). The molecular weight excluding hydrogens is 350 g/mol. The van der Waals surface area contributed by atoms with Crippen molar-refractivity contribution in [1.82, 2.24) is 20.2 Å². The van der Waals surface area contributed by atoms with Crippen LogP contribution in [0.5, 0.6) is 0 Å². The first-order chi connectivity index (χ1) is 12.7. The van der Waals surface area contributed by atoms with Crippen molar-refractivity contribution in [3.8, 4) is 0 Å². The van der Waals surface area contributed by atoms with Crippen LogP contribution in [0, 0.1) is 0 Å². The van der Waals surface area contributed by atoms with E-state index in [9.17, 15) is 4.79 Å². The molecule has 26 heavy (non-hydrogen) atoms. The number of allylic oxidation sites excluding steroid dienone is 2. The van der Waals surface area contributed by atoms with Crippen LogP contribution in [0.25, 0.3) is 0 Å². The van der Waals surface area contributed by atoms with E-state index < -0.39 is 0 Å². The van der Waals surface area contributed by atoms with Crippen LogP contribution >= 0.6 is 11.6 Å². The maximum atomic E-state index is 12.0. The largest absolute Gasteiger partial charge is 0.369 e. The highest BCUT2D eigenvalue weighted by Crippen LogP contribution is 2.22. The zero-order chi connectivity index (χ0) is 17.9. The Kier molecular flexibility index (Phi) is 5.04. The molecule has 138 valence electrons. The molecule has 3 heterocycles. The van der Waals surface area contributed by atoms with Gasteiger partial charge in [-0.15, -0.1) is 0 Å². The molecular formula is C19H24ClN5O. The number of nitrogens with one attached hydrogen (secondary N) is 1. The average molecular weight is 374 g/mol. The Balaban J connectivity index is 1.23. The molecule has 0 atom stereocenters. The van der Waals surface area contributed by atoms with Gasteiger partial charge in [-0.3, -0.25) is 14.8 Å². The summed E-state index contributed by atoms with van der Waals surface area (Å²) in [6.07, 6.45) is 7.01. The summed E-state index contributed by atoms with van der Waals surface area (Å²) in [5.74, 6) is 0.961. The predicted octanol–water partition coefficient (Wildman–Crippen LogP) is 2.51. The summed E-state index contributed by atoms with van der Waals surface area (Å²) in [6.45, 7) is 6.66. The topological polar surface area (TPSA) is 42.1 Å². The number of anilines is 1. The molecule has 0 saturated carbocycles. The van der Waals surface area contributed by atoms with Crippen LogP contribution in [0.2, 0.25) is 5.02 Å². The van der Waals surface area contributed by atoms with Crippen molar-refractivity contribution >= 4 is 23.3 Å². The minimum Gasteiger partial charge on any atom is -0.369 e. The lowest BCUT2D eigenvalue weighted by Crippen LogP contribution is -2.47. The predicted molar refractivity (Wildman–Crippen MR) is 104 cm³/mol. The third-order valence-corrected chi connectivity index (χ3v) is 5.34. The molecule has 6 nitrogen and oxygen atoms in total. The zero-order valence-corrected chi connectivity index (χ0v) is 15.5. The summed E-state index contributed by atoms with van der Waals surface area (Å²) in [7, 11) is 0. The second-order valence-corrected chi connectivity index (χ2v) is 7.23. The van der Waals surface area contributed by atoms with Gasteiger partial charge < -0.3 is 4.90 Å². The quantitative estimate of drug-likeness (QED) is 0.861. The van der Waals surface area contributed by atoms with Gasteiger partial charge in [-0.25, -0.2) is 10.2 Å². The minimum absolute atomic E-state index is 0.0317. The summed E-state index contributed by atoms with van der Waals surface area (Å²) >= 11 is 6.10. The highest BCUT2D eigenvalue weighted by Gasteiger charge is 2.31. The van der Waals surface area contributed by atoms with E-state index in [0.29, 0.717) is 6.54 Å². The zero-order valence-electron chi connectivity index (χ0n) is 14.8. The maximum absolute atomic E-state index is 12.0. The first-order valence-corrected chi connectivity index (χ1v) is 9.54. The molecule has 2 amide bonds. The summed E-state index contributed by atoms with van der Waals surface area (Å²) in [6, 6.07) is 8.04. The van der Waals surface area contributed by atoms with Crippen LogP contribution in [0.15, 0.2) is 48.3 Å². The van der Waals surface area contributed by atoms with Crippen molar-refractivity contribution in [2.45, 2.75) is 6.42 Å². The average Bonchev–Trinajstić information content (AvgIpc) is 2.99. The van der Waals surface area contributed by atoms with E-state index in [0.717, 1.165) is 56.5 Å². The number of nitrogens with zero attached hydrogens (tertiary/aromatic N) is 4. The number of benzene rings is 1. The van der Waals surface area contributed by atoms with E-state index in [1.165, 1.54) is 5.69 Å². The fourth-order valence-electron chi connectivity index (χ4n) is 3.68. The Morgan fingerprint density at radius 2 is 1.96 bits per heavy atom. The number of piperazine rings is 1. The number of urea groups is 1. The summed E-state index contributed by atoms with van der Waals surface area (Å²) in [4.78, 5) is 18.6. The van der Waals surface area contributed by atoms with Crippen molar-refractivity contribution < 1.29 is 4.79 Å². The van der Waals surface area contributed by atoms with Crippen molar-refractivity contribution in [1.29, 1.82) is 0 Å². The van der Waals surface area contributed by atoms with Gasteiger partial charge in [0.2, 0.25) is 0 Å². The van der Waals surface area contributed by atoms with E-state index in [1.807, 2.05) is 41.4 Å². The normalized spacial score (nSPS) is 20.3. The van der Waals surface area contributed by atoms with Gasteiger partial charge in [-0.05, 0) is 30.7 Å². The van der Waals surface area contributed by atoms with Gasteiger partial charge in [0, 0.05) is 56.5 Å². The van der Waals surface area contributed by atoms with E-state index in [-0.39, 0.29) is 6.03 Å². The van der Waals surface area contributed by atoms with Gasteiger partial charge in [0.1, 0.15) is 5.82 Å². The minimum atomic E-state index is -0.0317. The number of halogens is 1. The number of hydrazine groups is 1. The van der Waals surface area contributed by atoms with Gasteiger partial charge in [0.25, 0.3) is 0 Å². The Morgan fingerprint density at radius 3 is 2.77 bits per heavy atom. The third kappa shape index (κ3) is 3.66. The molecule has 1 aromatic carbocycles. The SMILES string of the molecule is O=C1NN(CCCN2CCN(c3cccc(Cl)c3)CC2)C2=CC=CCN12. The van der Waals surface area contributed by atoms with Crippen molar-refractivity contribution in [3.05, 3.63) is 53.3 Å². The number of hydrogen-bond donors (Lipinski definition) is 1. The van der Waals surface area contributed by atoms with Crippen molar-refractivity contribution in [2.24, 2.45) is 0 Å². The Morgan fingerprint density at radius 1 is 1.12 bits per heavy atom. The molecule has 0 radical (unpaired) electrons. The Hall–Kier alpha value is -2.18. The third-order valence-electron chi connectivity index (χ3n) is 5.10. The number of hydrogen-bond acceptors (Lipinski definition) is 4. The Labute approximate surface area is 159 Å². The first-order valence-electron chi connectivity index (χ1n) is 9.16. The number of carbonyl (C=O) groups is 1. The second kappa shape index (κ2) is 7.60. The van der Waals surface area contributed by atoms with E-state index in [1.54, 1.807) is 4.90 Å². The van der Waals surface area contributed by atoms with Crippen LogP contribution in [0.3, 0.4) is 0 Å². The molecule has 0 bridgehead atoms. The molecule has 2 fully saturated rings. The molecule has 0 aliphatic carbocycles. The molecule has 7 heteroatoms. The standard InChI is InChI=1S/C19H24ClN5O/c20-16-5-3-6-17(15-16)23-13-11-22(12-14-23)8-4-10-25-18-7-1-2-9-24(18)19(26)21-25/h1-3,5-7,15H,4,8-14H2,(H,21,26). The molecule has 2 saturated heterocycles. The molecule has 3 aliphatic rings. The summed E-state index contributed by atoms with van der Waals surface area (Å²) in [5, 5.41) is 2.76. The number of rotatable bonds is 5. The fraction of sp³-hybridized carbons (Fsp3) is 0.421. The lowest BCUT2D eigenvalue weighted by Gasteiger charge is -2.36. The number of carbonyl (C=O) groups excluding carboxylic acids is 1. The van der Waals surface area contributed by atoms with E-state index >= 15 is 0 Å². The van der Waals surface area contributed by atoms with Crippen LogP contribution in [-0.4, -0.2) is 66.7 Å². The van der Waals surface area contributed by atoms with E-state index in [4.69, 9.17) is 11.6 Å². The Bertz CT molecular complexity index is 726. The molecule has 3 aliphatic heterocycles. The van der Waals surface area contributed by atoms with Crippen molar-refractivity contribution in [3.63, 3.8) is 0 Å². The van der Waals surface area contributed by atoms with Gasteiger partial charge >= 0.3 is 6.03 Å². The fourth-order valence-corrected chi connectivity index (χ4v) is 3.87. The summed E-state index contributed by atoms with van der Waals surface area (Å²) in [5.41, 5.74) is 4.14. The van der Waals surface area contributed by atoms with Crippen LogP contribution < -0.4 is 10.3 Å². The van der Waals surface area contributed by atoms with E-state index in [2.05, 4.69) is 21.3 Å². The molecule has 1 aromatic rings. The maximum Gasteiger partial charge on any atom is 0.342 e. The van der Waals surface area contributed by atoms with Crippen LogP contribution in [0.1, 0.15) is 6.42 Å². The highest BCUT2D eigenvalue weighted by molar-refractivity contribution is 6.30. The molecule has 0 spiro atoms. The number of fused-ring (bicyclic) bond motifs is 1.